The third-order valence-electron chi connectivity index (χ3n) is 4.98. The van der Waals surface area contributed by atoms with Crippen molar-refractivity contribution in [2.24, 2.45) is 0 Å². The van der Waals surface area contributed by atoms with E-state index in [-0.39, 0.29) is 23.6 Å². The highest BCUT2D eigenvalue weighted by Gasteiger charge is 2.29. The zero-order valence-electron chi connectivity index (χ0n) is 15.9. The van der Waals surface area contributed by atoms with Crippen molar-refractivity contribution in [1.82, 2.24) is 25.9 Å². The lowest BCUT2D eigenvalue weighted by Crippen LogP contribution is -2.44. The van der Waals surface area contributed by atoms with E-state index in [1.807, 2.05) is 60.7 Å². The molecule has 0 radical (unpaired) electrons. The van der Waals surface area contributed by atoms with Gasteiger partial charge in [-0.2, -0.15) is 5.10 Å². The maximum absolute atomic E-state index is 12.5. The normalized spacial score (nSPS) is 18.5. The fraction of sp³-hybridized carbons (Fsp3) is 0.227. The van der Waals surface area contributed by atoms with Gasteiger partial charge in [-0.1, -0.05) is 60.7 Å². The van der Waals surface area contributed by atoms with Crippen LogP contribution >= 0.6 is 0 Å². The Bertz CT molecular complexity index is 1020. The molecule has 148 valence electrons. The van der Waals surface area contributed by atoms with Crippen molar-refractivity contribution in [2.45, 2.75) is 25.0 Å². The largest absolute Gasteiger partial charge is 0.353 e. The molecule has 0 bridgehead atoms. The maximum Gasteiger partial charge on any atom is 0.266 e. The molecule has 7 heteroatoms. The molecular formula is C22H23N5O2. The first-order chi connectivity index (χ1) is 14.2. The molecule has 29 heavy (non-hydrogen) atoms. The SMILES string of the molecule is O=C(NCCn1nc(-c2ccccc2)ccc1=O)C1CC(c2ccccc2)NN1. The molecule has 0 saturated carbocycles. The summed E-state index contributed by atoms with van der Waals surface area (Å²) >= 11 is 0. The quantitative estimate of drug-likeness (QED) is 0.597. The molecule has 0 aliphatic carbocycles. The number of carbonyl (C=O) groups excluding carboxylic acids is 1. The Balaban J connectivity index is 1.32. The van der Waals surface area contributed by atoms with Crippen LogP contribution in [-0.2, 0) is 11.3 Å². The van der Waals surface area contributed by atoms with Crippen LogP contribution in [0.25, 0.3) is 11.3 Å². The van der Waals surface area contributed by atoms with E-state index < -0.39 is 0 Å². The molecule has 2 unspecified atom stereocenters. The Labute approximate surface area is 168 Å². The van der Waals surface area contributed by atoms with E-state index in [0.717, 1.165) is 16.8 Å². The summed E-state index contributed by atoms with van der Waals surface area (Å²) in [6.07, 6.45) is 0.664. The number of hydrogen-bond acceptors (Lipinski definition) is 5. The summed E-state index contributed by atoms with van der Waals surface area (Å²) in [5.41, 5.74) is 8.84. The number of nitrogens with one attached hydrogen (secondary N) is 3. The summed E-state index contributed by atoms with van der Waals surface area (Å²) in [6.45, 7) is 0.645. The van der Waals surface area contributed by atoms with Crippen LogP contribution in [0.1, 0.15) is 18.0 Å². The van der Waals surface area contributed by atoms with Crippen LogP contribution in [0, 0.1) is 0 Å². The minimum Gasteiger partial charge on any atom is -0.353 e. The van der Waals surface area contributed by atoms with Gasteiger partial charge in [0.15, 0.2) is 0 Å². The van der Waals surface area contributed by atoms with Gasteiger partial charge in [-0.25, -0.2) is 15.5 Å². The van der Waals surface area contributed by atoms with Crippen molar-refractivity contribution in [3.05, 3.63) is 88.7 Å². The molecule has 1 amide bonds. The molecule has 2 atom stereocenters. The van der Waals surface area contributed by atoms with Crippen LogP contribution < -0.4 is 21.7 Å². The maximum atomic E-state index is 12.5. The van der Waals surface area contributed by atoms with Gasteiger partial charge in [0, 0.05) is 24.2 Å². The van der Waals surface area contributed by atoms with Gasteiger partial charge in [0.25, 0.3) is 5.56 Å². The second-order valence-corrected chi connectivity index (χ2v) is 6.98. The average Bonchev–Trinajstić information content (AvgIpc) is 3.27. The smallest absolute Gasteiger partial charge is 0.266 e. The fourth-order valence-electron chi connectivity index (χ4n) is 3.41. The van der Waals surface area contributed by atoms with E-state index in [1.165, 1.54) is 10.7 Å². The Hall–Kier alpha value is -3.29. The Morgan fingerprint density at radius 2 is 1.72 bits per heavy atom. The van der Waals surface area contributed by atoms with Gasteiger partial charge in [-0.15, -0.1) is 0 Å². The first kappa shape index (κ1) is 19.0. The number of carbonyl (C=O) groups is 1. The zero-order chi connectivity index (χ0) is 20.1. The molecule has 7 nitrogen and oxygen atoms in total. The highest BCUT2D eigenvalue weighted by atomic mass is 16.2. The van der Waals surface area contributed by atoms with Gasteiger partial charge in [-0.05, 0) is 18.1 Å². The highest BCUT2D eigenvalue weighted by Crippen LogP contribution is 2.21. The highest BCUT2D eigenvalue weighted by molar-refractivity contribution is 5.82. The predicted molar refractivity (Wildman–Crippen MR) is 111 cm³/mol. The van der Waals surface area contributed by atoms with Gasteiger partial charge in [-0.3, -0.25) is 9.59 Å². The van der Waals surface area contributed by atoms with Crippen molar-refractivity contribution in [3.63, 3.8) is 0 Å². The molecule has 4 rings (SSSR count). The van der Waals surface area contributed by atoms with E-state index in [1.54, 1.807) is 6.07 Å². The van der Waals surface area contributed by atoms with E-state index in [0.29, 0.717) is 19.5 Å². The van der Waals surface area contributed by atoms with Crippen molar-refractivity contribution in [2.75, 3.05) is 6.54 Å². The van der Waals surface area contributed by atoms with Gasteiger partial charge in [0.05, 0.1) is 12.2 Å². The van der Waals surface area contributed by atoms with Gasteiger partial charge in [0.1, 0.15) is 6.04 Å². The summed E-state index contributed by atoms with van der Waals surface area (Å²) in [7, 11) is 0. The molecule has 1 fully saturated rings. The van der Waals surface area contributed by atoms with E-state index in [2.05, 4.69) is 21.3 Å². The van der Waals surface area contributed by atoms with Crippen molar-refractivity contribution >= 4 is 5.91 Å². The van der Waals surface area contributed by atoms with E-state index in [4.69, 9.17) is 0 Å². The van der Waals surface area contributed by atoms with Crippen LogP contribution in [0.15, 0.2) is 77.6 Å². The fourth-order valence-corrected chi connectivity index (χ4v) is 3.41. The number of amides is 1. The lowest BCUT2D eigenvalue weighted by Gasteiger charge is -2.12. The molecule has 1 aromatic heterocycles. The van der Waals surface area contributed by atoms with Gasteiger partial charge in [0.2, 0.25) is 5.91 Å². The summed E-state index contributed by atoms with van der Waals surface area (Å²) in [6, 6.07) is 22.7. The molecule has 2 aromatic carbocycles. The summed E-state index contributed by atoms with van der Waals surface area (Å²) in [5, 5.41) is 7.30. The number of hydrazine groups is 1. The molecule has 3 aromatic rings. The topological polar surface area (TPSA) is 88.0 Å². The lowest BCUT2D eigenvalue weighted by molar-refractivity contribution is -0.122. The number of hydrogen-bond donors (Lipinski definition) is 3. The number of nitrogens with zero attached hydrogens (tertiary/aromatic N) is 2. The third-order valence-corrected chi connectivity index (χ3v) is 4.98. The molecular weight excluding hydrogens is 366 g/mol. The molecule has 2 heterocycles. The van der Waals surface area contributed by atoms with E-state index >= 15 is 0 Å². The van der Waals surface area contributed by atoms with Crippen LogP contribution in [0.2, 0.25) is 0 Å². The average molecular weight is 389 g/mol. The van der Waals surface area contributed by atoms with E-state index in [9.17, 15) is 9.59 Å². The van der Waals surface area contributed by atoms with Gasteiger partial charge < -0.3 is 5.32 Å². The minimum atomic E-state index is -0.319. The Morgan fingerprint density at radius 1 is 1.00 bits per heavy atom. The van der Waals surface area contributed by atoms with Gasteiger partial charge >= 0.3 is 0 Å². The van der Waals surface area contributed by atoms with Crippen LogP contribution in [0.3, 0.4) is 0 Å². The van der Waals surface area contributed by atoms with Crippen LogP contribution in [-0.4, -0.2) is 28.3 Å². The first-order valence-electron chi connectivity index (χ1n) is 9.68. The summed E-state index contributed by atoms with van der Waals surface area (Å²) in [4.78, 5) is 24.6. The molecule has 1 saturated heterocycles. The third kappa shape index (κ3) is 4.59. The summed E-state index contributed by atoms with van der Waals surface area (Å²) < 4.78 is 1.38. The van der Waals surface area contributed by atoms with Crippen molar-refractivity contribution < 1.29 is 4.79 Å². The Kier molecular flexibility index (Phi) is 5.79. The predicted octanol–water partition coefficient (Wildman–Crippen LogP) is 1.63. The van der Waals surface area contributed by atoms with Crippen molar-refractivity contribution in [1.29, 1.82) is 0 Å². The zero-order valence-corrected chi connectivity index (χ0v) is 15.9. The number of benzene rings is 2. The monoisotopic (exact) mass is 389 g/mol. The first-order valence-corrected chi connectivity index (χ1v) is 9.68. The molecule has 1 aliphatic heterocycles. The second-order valence-electron chi connectivity index (χ2n) is 6.98. The number of rotatable bonds is 6. The standard InChI is InChI=1S/C22H23N5O2/c28-21-12-11-18(16-7-3-1-4-8-16)26-27(21)14-13-23-22(29)20-15-19(24-25-20)17-9-5-2-6-10-17/h1-12,19-20,24-25H,13-15H2,(H,23,29). The summed E-state index contributed by atoms with van der Waals surface area (Å²) in [5.74, 6) is -0.0943. The lowest BCUT2D eigenvalue weighted by atomic mass is 10.0. The molecule has 0 spiro atoms. The number of aromatic nitrogens is 2. The van der Waals surface area contributed by atoms with Crippen LogP contribution in [0.5, 0.6) is 0 Å². The second kappa shape index (κ2) is 8.81. The minimum absolute atomic E-state index is 0.0943. The Morgan fingerprint density at radius 3 is 2.48 bits per heavy atom. The van der Waals surface area contributed by atoms with Crippen molar-refractivity contribution in [3.8, 4) is 11.3 Å². The van der Waals surface area contributed by atoms with Crippen LogP contribution in [0.4, 0.5) is 0 Å². The molecule has 1 aliphatic rings. The molecule has 3 N–H and O–H groups in total.